The molecule has 1 aliphatic carbocycles. The zero-order valence-corrected chi connectivity index (χ0v) is 18.5. The topological polar surface area (TPSA) is 104 Å². The monoisotopic (exact) mass is 443 g/mol. The molecule has 0 unspecified atom stereocenters. The van der Waals surface area contributed by atoms with E-state index in [1.54, 1.807) is 0 Å². The molecule has 2 fully saturated rings. The van der Waals surface area contributed by atoms with Gasteiger partial charge in [-0.1, -0.05) is 12.8 Å². The summed E-state index contributed by atoms with van der Waals surface area (Å²) in [5, 5.41) is 3.06. The lowest BCUT2D eigenvalue weighted by atomic mass is 9.98. The standard InChI is InChI=1S/C19H29N3O5S2/c1-21(2)28(24,25)17-9-11-18(12-10-17)29(26,27)22-13-5-6-15(14-22)19(23)20-16-7-3-4-8-16/h9-12,15-16H,3-8,13-14H2,1-2H3,(H,20,23)/t15-/m1/s1. The summed E-state index contributed by atoms with van der Waals surface area (Å²) in [6, 6.07) is 5.44. The van der Waals surface area contributed by atoms with Crippen LogP contribution in [0.4, 0.5) is 0 Å². The highest BCUT2D eigenvalue weighted by molar-refractivity contribution is 7.89. The summed E-state index contributed by atoms with van der Waals surface area (Å²) in [4.78, 5) is 12.6. The van der Waals surface area contributed by atoms with E-state index in [0.717, 1.165) is 30.0 Å². The van der Waals surface area contributed by atoms with Gasteiger partial charge in [-0.3, -0.25) is 4.79 Å². The Balaban J connectivity index is 1.72. The van der Waals surface area contributed by atoms with Crippen LogP contribution in [0.1, 0.15) is 38.5 Å². The van der Waals surface area contributed by atoms with E-state index >= 15 is 0 Å². The maximum Gasteiger partial charge on any atom is 0.243 e. The zero-order chi connectivity index (χ0) is 21.2. The lowest BCUT2D eigenvalue weighted by molar-refractivity contribution is -0.126. The molecule has 1 saturated carbocycles. The molecule has 29 heavy (non-hydrogen) atoms. The fourth-order valence-corrected chi connectivity index (χ4v) is 6.33. The Hall–Kier alpha value is -1.49. The fourth-order valence-electron chi connectivity index (χ4n) is 3.91. The minimum Gasteiger partial charge on any atom is -0.353 e. The van der Waals surface area contributed by atoms with Crippen molar-refractivity contribution in [3.63, 3.8) is 0 Å². The van der Waals surface area contributed by atoms with E-state index < -0.39 is 20.0 Å². The van der Waals surface area contributed by atoms with Crippen LogP contribution in [-0.2, 0) is 24.8 Å². The number of nitrogens with one attached hydrogen (secondary N) is 1. The lowest BCUT2D eigenvalue weighted by Gasteiger charge is -2.31. The number of rotatable bonds is 6. The molecule has 1 aromatic carbocycles. The summed E-state index contributed by atoms with van der Waals surface area (Å²) in [5.41, 5.74) is 0. The fraction of sp³-hybridized carbons (Fsp3) is 0.632. The van der Waals surface area contributed by atoms with Gasteiger partial charge < -0.3 is 5.32 Å². The van der Waals surface area contributed by atoms with Crippen molar-refractivity contribution >= 4 is 26.0 Å². The van der Waals surface area contributed by atoms with E-state index in [-0.39, 0.29) is 34.2 Å². The number of piperidine rings is 1. The highest BCUT2D eigenvalue weighted by Gasteiger charge is 2.34. The minimum absolute atomic E-state index is 0.0343. The Kier molecular flexibility index (Phi) is 6.67. The second-order valence-electron chi connectivity index (χ2n) is 7.95. The Labute approximate surface area is 173 Å². The normalized spacial score (nSPS) is 22.1. The first-order valence-corrected chi connectivity index (χ1v) is 12.8. The molecule has 1 N–H and O–H groups in total. The Bertz CT molecular complexity index is 937. The second kappa shape index (κ2) is 8.71. The van der Waals surface area contributed by atoms with E-state index in [1.807, 2.05) is 0 Å². The van der Waals surface area contributed by atoms with Crippen molar-refractivity contribution in [2.45, 2.75) is 54.4 Å². The number of nitrogens with zero attached hydrogens (tertiary/aromatic N) is 2. The predicted molar refractivity (Wildman–Crippen MR) is 109 cm³/mol. The van der Waals surface area contributed by atoms with Crippen LogP contribution in [-0.4, -0.2) is 64.6 Å². The average Bonchev–Trinajstić information content (AvgIpc) is 3.21. The van der Waals surface area contributed by atoms with E-state index in [4.69, 9.17) is 0 Å². The summed E-state index contributed by atoms with van der Waals surface area (Å²) >= 11 is 0. The number of hydrogen-bond donors (Lipinski definition) is 1. The van der Waals surface area contributed by atoms with Crippen molar-refractivity contribution in [2.75, 3.05) is 27.2 Å². The molecule has 1 saturated heterocycles. The van der Waals surface area contributed by atoms with E-state index in [0.29, 0.717) is 19.4 Å². The summed E-state index contributed by atoms with van der Waals surface area (Å²) < 4.78 is 52.8. The van der Waals surface area contributed by atoms with Crippen LogP contribution in [0, 0.1) is 5.92 Å². The molecule has 1 atom stereocenters. The zero-order valence-electron chi connectivity index (χ0n) is 16.9. The quantitative estimate of drug-likeness (QED) is 0.716. The number of amides is 1. The second-order valence-corrected chi connectivity index (χ2v) is 12.0. The lowest BCUT2D eigenvalue weighted by Crippen LogP contribution is -2.47. The molecule has 0 aromatic heterocycles. The smallest absolute Gasteiger partial charge is 0.243 e. The van der Waals surface area contributed by atoms with Gasteiger partial charge in [0.2, 0.25) is 26.0 Å². The van der Waals surface area contributed by atoms with Crippen molar-refractivity contribution < 1.29 is 21.6 Å². The van der Waals surface area contributed by atoms with Crippen LogP contribution >= 0.6 is 0 Å². The van der Waals surface area contributed by atoms with Gasteiger partial charge in [0.1, 0.15) is 0 Å². The molecule has 0 spiro atoms. The minimum atomic E-state index is -3.79. The first-order chi connectivity index (χ1) is 13.6. The van der Waals surface area contributed by atoms with Crippen molar-refractivity contribution in [3.05, 3.63) is 24.3 Å². The van der Waals surface area contributed by atoms with Crippen molar-refractivity contribution in [2.24, 2.45) is 5.92 Å². The number of hydrogen-bond acceptors (Lipinski definition) is 5. The maximum absolute atomic E-state index is 13.0. The van der Waals surface area contributed by atoms with Crippen molar-refractivity contribution in [3.8, 4) is 0 Å². The van der Waals surface area contributed by atoms with Gasteiger partial charge in [-0.2, -0.15) is 4.31 Å². The predicted octanol–water partition coefficient (Wildman–Crippen LogP) is 1.40. The van der Waals surface area contributed by atoms with Gasteiger partial charge in [0, 0.05) is 33.2 Å². The first-order valence-electron chi connectivity index (χ1n) is 9.95. The van der Waals surface area contributed by atoms with Crippen LogP contribution in [0.15, 0.2) is 34.1 Å². The molecule has 10 heteroatoms. The molecule has 3 rings (SSSR count). The Morgan fingerprint density at radius 3 is 2.14 bits per heavy atom. The molecular weight excluding hydrogens is 414 g/mol. The molecule has 1 aliphatic heterocycles. The van der Waals surface area contributed by atoms with Gasteiger partial charge in [-0.05, 0) is 49.9 Å². The molecular formula is C19H29N3O5S2. The van der Waals surface area contributed by atoms with Gasteiger partial charge in [0.05, 0.1) is 15.7 Å². The number of carbonyl (C=O) groups excluding carboxylic acids is 1. The highest BCUT2D eigenvalue weighted by atomic mass is 32.2. The Morgan fingerprint density at radius 2 is 1.55 bits per heavy atom. The SMILES string of the molecule is CN(C)S(=O)(=O)c1ccc(S(=O)(=O)N2CCC[C@@H](C(=O)NC3CCCC3)C2)cc1. The molecule has 8 nitrogen and oxygen atoms in total. The van der Waals surface area contributed by atoms with Crippen LogP contribution in [0.5, 0.6) is 0 Å². The molecule has 162 valence electrons. The van der Waals surface area contributed by atoms with Gasteiger partial charge in [-0.25, -0.2) is 21.1 Å². The summed E-state index contributed by atoms with van der Waals surface area (Å²) in [5.74, 6) is -0.420. The van der Waals surface area contributed by atoms with Crippen LogP contribution in [0.3, 0.4) is 0 Å². The van der Waals surface area contributed by atoms with Gasteiger partial charge >= 0.3 is 0 Å². The third-order valence-corrected chi connectivity index (χ3v) is 9.41. The summed E-state index contributed by atoms with van der Waals surface area (Å²) in [6.45, 7) is 0.506. The van der Waals surface area contributed by atoms with Gasteiger partial charge in [0.25, 0.3) is 0 Å². The average molecular weight is 444 g/mol. The third-order valence-electron chi connectivity index (χ3n) is 5.70. The van der Waals surface area contributed by atoms with Crippen LogP contribution < -0.4 is 5.32 Å². The molecule has 1 amide bonds. The van der Waals surface area contributed by atoms with Crippen molar-refractivity contribution in [1.82, 2.24) is 13.9 Å². The Morgan fingerprint density at radius 1 is 0.966 bits per heavy atom. The van der Waals surface area contributed by atoms with Crippen LogP contribution in [0.25, 0.3) is 0 Å². The number of benzene rings is 1. The van der Waals surface area contributed by atoms with Gasteiger partial charge in [0.15, 0.2) is 0 Å². The maximum atomic E-state index is 13.0. The first kappa shape index (κ1) is 22.2. The largest absolute Gasteiger partial charge is 0.353 e. The molecule has 0 bridgehead atoms. The van der Waals surface area contributed by atoms with E-state index in [9.17, 15) is 21.6 Å². The van der Waals surface area contributed by atoms with Crippen molar-refractivity contribution in [1.29, 1.82) is 0 Å². The van der Waals surface area contributed by atoms with E-state index in [2.05, 4.69) is 5.32 Å². The summed E-state index contributed by atoms with van der Waals surface area (Å²) in [7, 11) is -4.57. The number of sulfonamides is 2. The van der Waals surface area contributed by atoms with Crippen LogP contribution in [0.2, 0.25) is 0 Å². The molecule has 0 radical (unpaired) electrons. The molecule has 1 heterocycles. The summed E-state index contributed by atoms with van der Waals surface area (Å²) in [6.07, 6.45) is 5.51. The third kappa shape index (κ3) is 4.82. The van der Waals surface area contributed by atoms with E-state index in [1.165, 1.54) is 42.7 Å². The molecule has 1 aromatic rings. The molecule has 2 aliphatic rings. The number of carbonyl (C=O) groups is 1. The highest BCUT2D eigenvalue weighted by Crippen LogP contribution is 2.26. The van der Waals surface area contributed by atoms with Gasteiger partial charge in [-0.15, -0.1) is 0 Å².